The molecule has 1 aromatic carbocycles. The van der Waals surface area contributed by atoms with Gasteiger partial charge in [0, 0.05) is 18.2 Å². The number of aryl methyl sites for hydroxylation is 2. The highest BCUT2D eigenvalue weighted by atomic mass is 16.1. The van der Waals surface area contributed by atoms with Crippen LogP contribution in [-0.4, -0.2) is 10.8 Å². The monoisotopic (exact) mass is 267 g/mol. The first kappa shape index (κ1) is 14.4. The van der Waals surface area contributed by atoms with Crippen molar-refractivity contribution < 1.29 is 4.79 Å². The highest BCUT2D eigenvalue weighted by Crippen LogP contribution is 2.22. The van der Waals surface area contributed by atoms with Crippen LogP contribution >= 0.6 is 0 Å². The van der Waals surface area contributed by atoms with Crippen LogP contribution in [0.25, 0.3) is 11.1 Å². The summed E-state index contributed by atoms with van der Waals surface area (Å²) in [6.45, 7) is 6.12. The molecule has 20 heavy (non-hydrogen) atoms. The van der Waals surface area contributed by atoms with Crippen molar-refractivity contribution >= 4 is 5.78 Å². The number of hydrogen-bond acceptors (Lipinski definition) is 2. The second-order valence-electron chi connectivity index (χ2n) is 5.12. The summed E-state index contributed by atoms with van der Waals surface area (Å²) in [7, 11) is 0. The minimum absolute atomic E-state index is 0.138. The molecule has 0 aliphatic rings. The number of benzene rings is 1. The van der Waals surface area contributed by atoms with Gasteiger partial charge in [0.15, 0.2) is 5.78 Å². The second-order valence-corrected chi connectivity index (χ2v) is 5.12. The molecule has 104 valence electrons. The van der Waals surface area contributed by atoms with E-state index in [2.05, 4.69) is 42.2 Å². The maximum Gasteiger partial charge on any atom is 0.181 e. The van der Waals surface area contributed by atoms with Crippen molar-refractivity contribution in [2.45, 2.75) is 40.0 Å². The Morgan fingerprint density at radius 3 is 2.60 bits per heavy atom. The third-order valence-corrected chi connectivity index (χ3v) is 3.49. The van der Waals surface area contributed by atoms with Gasteiger partial charge in [-0.3, -0.25) is 9.78 Å². The molecule has 0 saturated heterocycles. The average molecular weight is 267 g/mol. The van der Waals surface area contributed by atoms with E-state index in [4.69, 9.17) is 0 Å². The Labute approximate surface area is 120 Å². The third-order valence-electron chi connectivity index (χ3n) is 3.49. The standard InChI is InChI=1S/C18H21NO/c1-4-7-17(20)18-13(3)10-16(12-19-18)15-9-6-8-14(5-2)11-15/h6,8-12H,4-5,7H2,1-3H3. The summed E-state index contributed by atoms with van der Waals surface area (Å²) in [6.07, 6.45) is 4.26. The zero-order valence-electron chi connectivity index (χ0n) is 12.4. The van der Waals surface area contributed by atoms with Gasteiger partial charge < -0.3 is 0 Å². The summed E-state index contributed by atoms with van der Waals surface area (Å²) in [4.78, 5) is 16.3. The van der Waals surface area contributed by atoms with Gasteiger partial charge in [-0.15, -0.1) is 0 Å². The van der Waals surface area contributed by atoms with E-state index in [0.29, 0.717) is 12.1 Å². The van der Waals surface area contributed by atoms with Gasteiger partial charge in [0.05, 0.1) is 0 Å². The Kier molecular flexibility index (Phi) is 4.67. The molecule has 2 heteroatoms. The van der Waals surface area contributed by atoms with E-state index in [9.17, 15) is 4.79 Å². The Morgan fingerprint density at radius 2 is 1.95 bits per heavy atom. The van der Waals surface area contributed by atoms with Crippen molar-refractivity contribution in [1.29, 1.82) is 0 Å². The van der Waals surface area contributed by atoms with Crippen LogP contribution in [0.2, 0.25) is 0 Å². The average Bonchev–Trinajstić information content (AvgIpc) is 2.47. The molecule has 0 radical (unpaired) electrons. The van der Waals surface area contributed by atoms with Crippen molar-refractivity contribution in [3.8, 4) is 11.1 Å². The van der Waals surface area contributed by atoms with Crippen LogP contribution in [0, 0.1) is 6.92 Å². The summed E-state index contributed by atoms with van der Waals surface area (Å²) in [5.41, 5.74) is 5.12. The zero-order chi connectivity index (χ0) is 14.5. The number of Topliss-reactive ketones (excluding diaryl/α,β-unsaturated/α-hetero) is 1. The molecule has 2 aromatic rings. The number of carbonyl (C=O) groups is 1. The highest BCUT2D eigenvalue weighted by Gasteiger charge is 2.11. The fourth-order valence-corrected chi connectivity index (χ4v) is 2.34. The first-order valence-electron chi connectivity index (χ1n) is 7.24. The lowest BCUT2D eigenvalue weighted by Gasteiger charge is -2.08. The molecule has 0 N–H and O–H groups in total. The molecule has 2 nitrogen and oxygen atoms in total. The molecule has 0 fully saturated rings. The minimum Gasteiger partial charge on any atom is -0.292 e. The van der Waals surface area contributed by atoms with Crippen molar-refractivity contribution in [3.63, 3.8) is 0 Å². The van der Waals surface area contributed by atoms with Crippen molar-refractivity contribution in [2.24, 2.45) is 0 Å². The van der Waals surface area contributed by atoms with Gasteiger partial charge in [0.2, 0.25) is 0 Å². The number of rotatable bonds is 5. The van der Waals surface area contributed by atoms with Crippen LogP contribution < -0.4 is 0 Å². The summed E-state index contributed by atoms with van der Waals surface area (Å²) in [5, 5.41) is 0. The number of hydrogen-bond donors (Lipinski definition) is 0. The quantitative estimate of drug-likeness (QED) is 0.741. The van der Waals surface area contributed by atoms with Crippen LogP contribution in [0.5, 0.6) is 0 Å². The van der Waals surface area contributed by atoms with Gasteiger partial charge in [-0.2, -0.15) is 0 Å². The van der Waals surface area contributed by atoms with E-state index < -0.39 is 0 Å². The van der Waals surface area contributed by atoms with Crippen molar-refractivity contribution in [2.75, 3.05) is 0 Å². The molecule has 1 aromatic heterocycles. The maximum absolute atomic E-state index is 12.0. The van der Waals surface area contributed by atoms with Crippen LogP contribution in [0.1, 0.15) is 48.3 Å². The maximum atomic E-state index is 12.0. The smallest absolute Gasteiger partial charge is 0.181 e. The van der Waals surface area contributed by atoms with E-state index in [-0.39, 0.29) is 5.78 Å². The zero-order valence-corrected chi connectivity index (χ0v) is 12.4. The molecule has 0 aliphatic heterocycles. The Hall–Kier alpha value is -1.96. The first-order valence-corrected chi connectivity index (χ1v) is 7.24. The molecule has 0 saturated carbocycles. The lowest BCUT2D eigenvalue weighted by atomic mass is 10.0. The van der Waals surface area contributed by atoms with Gasteiger partial charge in [-0.1, -0.05) is 38.1 Å². The molecular weight excluding hydrogens is 246 g/mol. The molecule has 2 rings (SSSR count). The number of pyridine rings is 1. The van der Waals surface area contributed by atoms with E-state index in [1.54, 1.807) is 0 Å². The number of aromatic nitrogens is 1. The third kappa shape index (κ3) is 3.13. The molecule has 1 heterocycles. The number of ketones is 1. The van der Waals surface area contributed by atoms with Gasteiger partial charge in [0.25, 0.3) is 0 Å². The topological polar surface area (TPSA) is 30.0 Å². The Bertz CT molecular complexity index is 617. The van der Waals surface area contributed by atoms with Gasteiger partial charge in [-0.05, 0) is 42.5 Å². The number of nitrogens with zero attached hydrogens (tertiary/aromatic N) is 1. The fourth-order valence-electron chi connectivity index (χ4n) is 2.34. The van der Waals surface area contributed by atoms with Gasteiger partial charge in [0.1, 0.15) is 5.69 Å². The molecule has 0 aliphatic carbocycles. The van der Waals surface area contributed by atoms with Crippen LogP contribution in [0.15, 0.2) is 36.5 Å². The lowest BCUT2D eigenvalue weighted by molar-refractivity contribution is 0.0976. The van der Waals surface area contributed by atoms with Crippen molar-refractivity contribution in [3.05, 3.63) is 53.3 Å². The summed E-state index contributed by atoms with van der Waals surface area (Å²) in [6, 6.07) is 10.5. The fraction of sp³-hybridized carbons (Fsp3) is 0.333. The molecular formula is C18H21NO. The summed E-state index contributed by atoms with van der Waals surface area (Å²) < 4.78 is 0. The predicted octanol–water partition coefficient (Wildman–Crippen LogP) is 4.60. The molecule has 0 atom stereocenters. The van der Waals surface area contributed by atoms with Crippen LogP contribution in [0.4, 0.5) is 0 Å². The summed E-state index contributed by atoms with van der Waals surface area (Å²) in [5.74, 6) is 0.138. The normalized spacial score (nSPS) is 10.6. The largest absolute Gasteiger partial charge is 0.292 e. The van der Waals surface area contributed by atoms with Crippen LogP contribution in [-0.2, 0) is 6.42 Å². The van der Waals surface area contributed by atoms with E-state index in [0.717, 1.165) is 29.5 Å². The molecule has 0 amide bonds. The molecule has 0 unspecified atom stereocenters. The van der Waals surface area contributed by atoms with Crippen molar-refractivity contribution in [1.82, 2.24) is 4.98 Å². The first-order chi connectivity index (χ1) is 9.65. The van der Waals surface area contributed by atoms with E-state index in [1.807, 2.05) is 20.0 Å². The predicted molar refractivity (Wildman–Crippen MR) is 83.0 cm³/mol. The Balaban J connectivity index is 2.35. The minimum atomic E-state index is 0.138. The van der Waals surface area contributed by atoms with E-state index in [1.165, 1.54) is 5.56 Å². The van der Waals surface area contributed by atoms with E-state index >= 15 is 0 Å². The molecule has 0 bridgehead atoms. The van der Waals surface area contributed by atoms with Gasteiger partial charge >= 0.3 is 0 Å². The molecule has 0 spiro atoms. The Morgan fingerprint density at radius 1 is 1.15 bits per heavy atom. The van der Waals surface area contributed by atoms with Gasteiger partial charge in [-0.25, -0.2) is 0 Å². The second kappa shape index (κ2) is 6.47. The summed E-state index contributed by atoms with van der Waals surface area (Å²) >= 11 is 0. The highest BCUT2D eigenvalue weighted by molar-refractivity contribution is 5.95. The lowest BCUT2D eigenvalue weighted by Crippen LogP contribution is -2.04. The SMILES string of the molecule is CCCC(=O)c1ncc(-c2cccc(CC)c2)cc1C. The number of carbonyl (C=O) groups excluding carboxylic acids is 1. The van der Waals surface area contributed by atoms with Crippen LogP contribution in [0.3, 0.4) is 0 Å².